The zero-order valence-corrected chi connectivity index (χ0v) is 15.9. The molecule has 0 saturated carbocycles. The maximum Gasteiger partial charge on any atom is 0.254 e. The number of methoxy groups -OCH3 is 2. The number of hydrogen-bond donors (Lipinski definition) is 1. The molecular weight excluding hydrogens is 356 g/mol. The Morgan fingerprint density at radius 1 is 1.08 bits per heavy atom. The van der Waals surface area contributed by atoms with Gasteiger partial charge in [-0.3, -0.25) is 9.59 Å². The molecule has 2 rings (SSSR count). The summed E-state index contributed by atoms with van der Waals surface area (Å²) in [4.78, 5) is 26.2. The van der Waals surface area contributed by atoms with E-state index < -0.39 is 0 Å². The van der Waals surface area contributed by atoms with Crippen molar-refractivity contribution in [3.05, 3.63) is 52.5 Å². The Morgan fingerprint density at radius 2 is 1.77 bits per heavy atom. The van der Waals surface area contributed by atoms with Gasteiger partial charge in [-0.1, -0.05) is 17.7 Å². The van der Waals surface area contributed by atoms with Crippen LogP contribution in [0.25, 0.3) is 0 Å². The molecule has 0 spiro atoms. The van der Waals surface area contributed by atoms with Crippen molar-refractivity contribution in [1.29, 1.82) is 0 Å². The zero-order valence-electron chi connectivity index (χ0n) is 15.1. The predicted octanol–water partition coefficient (Wildman–Crippen LogP) is 3.38. The fourth-order valence-electron chi connectivity index (χ4n) is 2.43. The molecule has 2 aromatic rings. The lowest BCUT2D eigenvalue weighted by molar-refractivity contribution is -0.116. The van der Waals surface area contributed by atoms with Crippen LogP contribution in [0.15, 0.2) is 36.4 Å². The number of nitrogens with one attached hydrogen (secondary N) is 1. The van der Waals surface area contributed by atoms with Crippen molar-refractivity contribution in [1.82, 2.24) is 4.90 Å². The molecule has 2 amide bonds. The molecule has 0 aliphatic carbocycles. The molecule has 1 N–H and O–H groups in total. The fourth-order valence-corrected chi connectivity index (χ4v) is 2.60. The number of halogens is 1. The molecule has 2 aromatic carbocycles. The van der Waals surface area contributed by atoms with Gasteiger partial charge in [0.15, 0.2) is 0 Å². The number of carbonyl (C=O) groups excluding carboxylic acids is 2. The SMILES string of the molecule is COc1cc(C(=O)N(C)CC(=O)Nc2cc(Cl)ccc2OC)ccc1C. The molecule has 0 unspecified atom stereocenters. The summed E-state index contributed by atoms with van der Waals surface area (Å²) in [5.41, 5.74) is 1.82. The van der Waals surface area contributed by atoms with E-state index in [2.05, 4.69) is 5.32 Å². The lowest BCUT2D eigenvalue weighted by Crippen LogP contribution is -2.35. The molecule has 0 aliphatic rings. The van der Waals surface area contributed by atoms with Crippen molar-refractivity contribution < 1.29 is 19.1 Å². The molecular formula is C19H21ClN2O4. The van der Waals surface area contributed by atoms with E-state index in [1.807, 2.05) is 6.92 Å². The molecule has 6 nitrogen and oxygen atoms in total. The maximum absolute atomic E-state index is 12.5. The van der Waals surface area contributed by atoms with Crippen LogP contribution in [0.2, 0.25) is 5.02 Å². The van der Waals surface area contributed by atoms with Crippen molar-refractivity contribution in [2.45, 2.75) is 6.92 Å². The normalized spacial score (nSPS) is 10.2. The van der Waals surface area contributed by atoms with Crippen molar-refractivity contribution in [3.63, 3.8) is 0 Å². The number of benzene rings is 2. The highest BCUT2D eigenvalue weighted by atomic mass is 35.5. The third kappa shape index (κ3) is 4.67. The maximum atomic E-state index is 12.5. The first-order chi connectivity index (χ1) is 12.3. The highest BCUT2D eigenvalue weighted by Gasteiger charge is 2.17. The van der Waals surface area contributed by atoms with Crippen LogP contribution in [0.4, 0.5) is 5.69 Å². The van der Waals surface area contributed by atoms with Gasteiger partial charge >= 0.3 is 0 Å². The van der Waals surface area contributed by atoms with Gasteiger partial charge < -0.3 is 19.7 Å². The molecule has 0 heterocycles. The second kappa shape index (κ2) is 8.58. The Labute approximate surface area is 157 Å². The minimum absolute atomic E-state index is 0.120. The summed E-state index contributed by atoms with van der Waals surface area (Å²) in [6, 6.07) is 10.1. The third-order valence-corrected chi connectivity index (χ3v) is 4.05. The number of likely N-dealkylation sites (N-methyl/N-ethyl adjacent to an activating group) is 1. The van der Waals surface area contributed by atoms with E-state index in [0.29, 0.717) is 27.8 Å². The summed E-state index contributed by atoms with van der Waals surface area (Å²) in [6.45, 7) is 1.77. The van der Waals surface area contributed by atoms with Crippen molar-refractivity contribution >= 4 is 29.1 Å². The molecule has 0 fully saturated rings. The van der Waals surface area contributed by atoms with Gasteiger partial charge in [0.1, 0.15) is 11.5 Å². The molecule has 0 atom stereocenters. The van der Waals surface area contributed by atoms with E-state index in [1.54, 1.807) is 50.6 Å². The van der Waals surface area contributed by atoms with E-state index >= 15 is 0 Å². The van der Waals surface area contributed by atoms with Gasteiger partial charge in [0.25, 0.3) is 5.91 Å². The summed E-state index contributed by atoms with van der Waals surface area (Å²) in [5.74, 6) is 0.467. The minimum atomic E-state index is -0.361. The second-order valence-corrected chi connectivity index (χ2v) is 6.17. The van der Waals surface area contributed by atoms with Gasteiger partial charge in [-0.25, -0.2) is 0 Å². The first-order valence-corrected chi connectivity index (χ1v) is 8.27. The first kappa shape index (κ1) is 19.6. The average Bonchev–Trinajstić information content (AvgIpc) is 2.61. The smallest absolute Gasteiger partial charge is 0.254 e. The molecule has 0 saturated heterocycles. The number of carbonyl (C=O) groups is 2. The van der Waals surface area contributed by atoms with Gasteiger partial charge in [-0.2, -0.15) is 0 Å². The predicted molar refractivity (Wildman–Crippen MR) is 101 cm³/mol. The topological polar surface area (TPSA) is 67.9 Å². The summed E-state index contributed by atoms with van der Waals surface area (Å²) in [7, 11) is 4.61. The number of hydrogen-bond acceptors (Lipinski definition) is 4. The Hall–Kier alpha value is -2.73. The lowest BCUT2D eigenvalue weighted by Gasteiger charge is -2.18. The van der Waals surface area contributed by atoms with Crippen LogP contribution >= 0.6 is 11.6 Å². The Bertz CT molecular complexity index is 823. The highest BCUT2D eigenvalue weighted by molar-refractivity contribution is 6.31. The number of amides is 2. The van der Waals surface area contributed by atoms with E-state index in [9.17, 15) is 9.59 Å². The number of nitrogens with zero attached hydrogens (tertiary/aromatic N) is 1. The molecule has 26 heavy (non-hydrogen) atoms. The quantitative estimate of drug-likeness (QED) is 0.839. The standard InChI is InChI=1S/C19H21ClN2O4/c1-12-5-6-13(9-17(12)26-4)19(24)22(2)11-18(23)21-15-10-14(20)7-8-16(15)25-3/h5-10H,11H2,1-4H3,(H,21,23). The van der Waals surface area contributed by atoms with Gasteiger partial charge in [0, 0.05) is 17.6 Å². The van der Waals surface area contributed by atoms with Crippen LogP contribution in [0.5, 0.6) is 11.5 Å². The summed E-state index contributed by atoms with van der Waals surface area (Å²) in [6.07, 6.45) is 0. The van der Waals surface area contributed by atoms with E-state index in [-0.39, 0.29) is 18.4 Å². The van der Waals surface area contributed by atoms with Crippen LogP contribution in [-0.2, 0) is 4.79 Å². The largest absolute Gasteiger partial charge is 0.496 e. The summed E-state index contributed by atoms with van der Waals surface area (Å²) in [5, 5.41) is 3.17. The number of ether oxygens (including phenoxy) is 2. The lowest BCUT2D eigenvalue weighted by atomic mass is 10.1. The zero-order chi connectivity index (χ0) is 19.3. The second-order valence-electron chi connectivity index (χ2n) is 5.74. The number of aryl methyl sites for hydroxylation is 1. The Morgan fingerprint density at radius 3 is 2.42 bits per heavy atom. The minimum Gasteiger partial charge on any atom is -0.496 e. The number of anilines is 1. The van der Waals surface area contributed by atoms with Gasteiger partial charge in [0.05, 0.1) is 26.5 Å². The third-order valence-electron chi connectivity index (χ3n) is 3.82. The average molecular weight is 377 g/mol. The monoisotopic (exact) mass is 376 g/mol. The van der Waals surface area contributed by atoms with Crippen LogP contribution < -0.4 is 14.8 Å². The summed E-state index contributed by atoms with van der Waals surface area (Å²) < 4.78 is 10.4. The molecule has 0 aromatic heterocycles. The van der Waals surface area contributed by atoms with Crippen molar-refractivity contribution in [2.24, 2.45) is 0 Å². The molecule has 0 bridgehead atoms. The van der Waals surface area contributed by atoms with Gasteiger partial charge in [-0.15, -0.1) is 0 Å². The van der Waals surface area contributed by atoms with Crippen LogP contribution in [0, 0.1) is 6.92 Å². The molecule has 0 aliphatic heterocycles. The highest BCUT2D eigenvalue weighted by Crippen LogP contribution is 2.27. The molecule has 7 heteroatoms. The molecule has 0 radical (unpaired) electrons. The first-order valence-electron chi connectivity index (χ1n) is 7.89. The Kier molecular flexibility index (Phi) is 6.46. The van der Waals surface area contributed by atoms with Crippen LogP contribution in [0.1, 0.15) is 15.9 Å². The Balaban J connectivity index is 2.07. The van der Waals surface area contributed by atoms with E-state index in [0.717, 1.165) is 5.56 Å². The van der Waals surface area contributed by atoms with Gasteiger partial charge in [-0.05, 0) is 42.8 Å². The van der Waals surface area contributed by atoms with E-state index in [1.165, 1.54) is 12.0 Å². The summed E-state index contributed by atoms with van der Waals surface area (Å²) >= 11 is 5.95. The van der Waals surface area contributed by atoms with Gasteiger partial charge in [0.2, 0.25) is 5.91 Å². The number of rotatable bonds is 6. The fraction of sp³-hybridized carbons (Fsp3) is 0.263. The van der Waals surface area contributed by atoms with Crippen molar-refractivity contribution in [3.8, 4) is 11.5 Å². The molecule has 138 valence electrons. The van der Waals surface area contributed by atoms with Crippen LogP contribution in [0.3, 0.4) is 0 Å². The van der Waals surface area contributed by atoms with E-state index in [4.69, 9.17) is 21.1 Å². The van der Waals surface area contributed by atoms with Crippen LogP contribution in [-0.4, -0.2) is 44.5 Å². The van der Waals surface area contributed by atoms with Crippen molar-refractivity contribution in [2.75, 3.05) is 33.1 Å².